The Balaban J connectivity index is 2.02. The van der Waals surface area contributed by atoms with Crippen LogP contribution in [0.4, 0.5) is 5.69 Å². The molecule has 0 unspecified atom stereocenters. The fourth-order valence-corrected chi connectivity index (χ4v) is 2.19. The van der Waals surface area contributed by atoms with Crippen LogP contribution >= 0.6 is 15.9 Å². The smallest absolute Gasteiger partial charge is 0.241 e. The number of phenols is 2. The third-order valence-electron chi connectivity index (χ3n) is 2.97. The minimum absolute atomic E-state index is 0.0392. The maximum absolute atomic E-state index is 12.0. The van der Waals surface area contributed by atoms with Crippen molar-refractivity contribution in [2.75, 3.05) is 5.32 Å². The molecule has 1 atom stereocenters. The van der Waals surface area contributed by atoms with Gasteiger partial charge in [-0.25, -0.2) is 0 Å². The Morgan fingerprint density at radius 3 is 2.52 bits per heavy atom. The number of hydrogen-bond acceptors (Lipinski definition) is 4. The summed E-state index contributed by atoms with van der Waals surface area (Å²) in [4.78, 5) is 12.0. The van der Waals surface area contributed by atoms with Gasteiger partial charge in [0.25, 0.3) is 0 Å². The number of nitrogens with one attached hydrogen (secondary N) is 1. The molecule has 2 aromatic carbocycles. The van der Waals surface area contributed by atoms with E-state index in [2.05, 4.69) is 21.2 Å². The molecule has 21 heavy (non-hydrogen) atoms. The van der Waals surface area contributed by atoms with Gasteiger partial charge in [0, 0.05) is 0 Å². The first-order valence-corrected chi connectivity index (χ1v) is 7.08. The molecule has 0 radical (unpaired) electrons. The SMILES string of the molecule is N[C@@H](Cc1ccc(O)cc1)C(=O)Nc1cccc(Br)c1O. The number of aromatic hydroxyl groups is 2. The van der Waals surface area contributed by atoms with Crippen LogP contribution in [0.15, 0.2) is 46.9 Å². The van der Waals surface area contributed by atoms with E-state index in [4.69, 9.17) is 5.73 Å². The van der Waals surface area contributed by atoms with Gasteiger partial charge in [0.1, 0.15) is 5.75 Å². The van der Waals surface area contributed by atoms with Gasteiger partial charge in [-0.3, -0.25) is 4.79 Å². The van der Waals surface area contributed by atoms with Gasteiger partial charge in [-0.05, 0) is 52.2 Å². The molecule has 2 rings (SSSR count). The van der Waals surface area contributed by atoms with Gasteiger partial charge in [0.15, 0.2) is 5.75 Å². The quantitative estimate of drug-likeness (QED) is 0.636. The van der Waals surface area contributed by atoms with E-state index in [0.717, 1.165) is 5.56 Å². The maximum atomic E-state index is 12.0. The number of carbonyl (C=O) groups is 1. The Morgan fingerprint density at radius 1 is 1.19 bits per heavy atom. The average molecular weight is 351 g/mol. The van der Waals surface area contributed by atoms with Gasteiger partial charge < -0.3 is 21.3 Å². The molecule has 110 valence electrons. The highest BCUT2D eigenvalue weighted by Gasteiger charge is 2.16. The van der Waals surface area contributed by atoms with Crippen LogP contribution in [0.3, 0.4) is 0 Å². The molecule has 0 heterocycles. The van der Waals surface area contributed by atoms with Crippen molar-refractivity contribution in [2.24, 2.45) is 5.73 Å². The van der Waals surface area contributed by atoms with Crippen LogP contribution in [0, 0.1) is 0 Å². The molecule has 0 aromatic heterocycles. The second-order valence-electron chi connectivity index (χ2n) is 4.60. The number of hydrogen-bond donors (Lipinski definition) is 4. The second kappa shape index (κ2) is 6.60. The summed E-state index contributed by atoms with van der Waals surface area (Å²) in [6, 6.07) is 10.7. The summed E-state index contributed by atoms with van der Waals surface area (Å²) in [7, 11) is 0. The van der Waals surface area contributed by atoms with Crippen molar-refractivity contribution in [3.8, 4) is 11.5 Å². The summed E-state index contributed by atoms with van der Waals surface area (Å²) in [5, 5.41) is 21.6. The van der Waals surface area contributed by atoms with Crippen molar-refractivity contribution in [2.45, 2.75) is 12.5 Å². The lowest BCUT2D eigenvalue weighted by Gasteiger charge is -2.13. The Bertz CT molecular complexity index is 644. The van der Waals surface area contributed by atoms with Crippen LogP contribution in [-0.4, -0.2) is 22.2 Å². The monoisotopic (exact) mass is 350 g/mol. The van der Waals surface area contributed by atoms with Crippen molar-refractivity contribution in [3.05, 3.63) is 52.5 Å². The molecular formula is C15H15BrN2O3. The van der Waals surface area contributed by atoms with Crippen LogP contribution in [0.2, 0.25) is 0 Å². The molecule has 0 aliphatic rings. The molecule has 1 amide bonds. The van der Waals surface area contributed by atoms with Gasteiger partial charge in [0.05, 0.1) is 16.2 Å². The largest absolute Gasteiger partial charge is 0.508 e. The van der Waals surface area contributed by atoms with Crippen molar-refractivity contribution in [1.29, 1.82) is 0 Å². The average Bonchev–Trinajstić information content (AvgIpc) is 2.46. The predicted octanol–water partition coefficient (Wildman–Crippen LogP) is 2.37. The first kappa shape index (κ1) is 15.3. The van der Waals surface area contributed by atoms with Crippen LogP contribution < -0.4 is 11.1 Å². The molecule has 0 saturated carbocycles. The molecule has 0 aliphatic heterocycles. The molecule has 0 bridgehead atoms. The molecule has 5 nitrogen and oxygen atoms in total. The highest BCUT2D eigenvalue weighted by Crippen LogP contribution is 2.31. The highest BCUT2D eigenvalue weighted by molar-refractivity contribution is 9.10. The molecule has 5 N–H and O–H groups in total. The predicted molar refractivity (Wildman–Crippen MR) is 84.2 cm³/mol. The second-order valence-corrected chi connectivity index (χ2v) is 5.46. The van der Waals surface area contributed by atoms with Crippen LogP contribution in [0.25, 0.3) is 0 Å². The Kier molecular flexibility index (Phi) is 4.82. The van der Waals surface area contributed by atoms with Gasteiger partial charge in [0.2, 0.25) is 5.91 Å². The number of halogens is 1. The highest BCUT2D eigenvalue weighted by atomic mass is 79.9. The Labute approximate surface area is 130 Å². The van der Waals surface area contributed by atoms with Gasteiger partial charge in [-0.1, -0.05) is 18.2 Å². The van der Waals surface area contributed by atoms with E-state index in [9.17, 15) is 15.0 Å². The van der Waals surface area contributed by atoms with Crippen molar-refractivity contribution in [1.82, 2.24) is 0 Å². The number of benzene rings is 2. The molecule has 0 aliphatic carbocycles. The van der Waals surface area contributed by atoms with Crippen molar-refractivity contribution >= 4 is 27.5 Å². The summed E-state index contributed by atoms with van der Waals surface area (Å²) in [6.45, 7) is 0. The van der Waals surface area contributed by atoms with E-state index in [0.29, 0.717) is 16.6 Å². The van der Waals surface area contributed by atoms with Crippen molar-refractivity contribution in [3.63, 3.8) is 0 Å². The number of para-hydroxylation sites is 1. The van der Waals surface area contributed by atoms with Gasteiger partial charge in [-0.15, -0.1) is 0 Å². The lowest BCUT2D eigenvalue weighted by Crippen LogP contribution is -2.37. The van der Waals surface area contributed by atoms with Crippen LogP contribution in [-0.2, 0) is 11.2 Å². The first-order valence-electron chi connectivity index (χ1n) is 6.29. The molecule has 6 heteroatoms. The lowest BCUT2D eigenvalue weighted by atomic mass is 10.1. The summed E-state index contributed by atoms with van der Waals surface area (Å²) < 4.78 is 0.493. The van der Waals surface area contributed by atoms with Crippen LogP contribution in [0.1, 0.15) is 5.56 Å². The molecular weight excluding hydrogens is 336 g/mol. The Hall–Kier alpha value is -2.05. The first-order chi connectivity index (χ1) is 9.97. The topological polar surface area (TPSA) is 95.6 Å². The van der Waals surface area contributed by atoms with Gasteiger partial charge in [-0.2, -0.15) is 0 Å². The molecule has 0 fully saturated rings. The summed E-state index contributed by atoms with van der Waals surface area (Å²) in [5.74, 6) is -0.269. The molecule has 0 saturated heterocycles. The van der Waals surface area contributed by atoms with Crippen LogP contribution in [0.5, 0.6) is 11.5 Å². The fourth-order valence-electron chi connectivity index (χ4n) is 1.82. The fraction of sp³-hybridized carbons (Fsp3) is 0.133. The number of nitrogens with two attached hydrogens (primary N) is 1. The number of carbonyl (C=O) groups excluding carboxylic acids is 1. The number of amides is 1. The van der Waals surface area contributed by atoms with E-state index in [1.165, 1.54) is 0 Å². The zero-order chi connectivity index (χ0) is 15.4. The number of phenolic OH excluding ortho intramolecular Hbond substituents is 2. The third-order valence-corrected chi connectivity index (χ3v) is 3.61. The van der Waals surface area contributed by atoms with E-state index < -0.39 is 11.9 Å². The Morgan fingerprint density at radius 2 is 1.86 bits per heavy atom. The summed E-state index contributed by atoms with van der Waals surface area (Å²) >= 11 is 3.18. The number of anilines is 1. The van der Waals surface area contributed by atoms with Crippen molar-refractivity contribution < 1.29 is 15.0 Å². The molecule has 2 aromatic rings. The van der Waals surface area contributed by atoms with E-state index in [-0.39, 0.29) is 11.5 Å². The zero-order valence-electron chi connectivity index (χ0n) is 11.1. The van der Waals surface area contributed by atoms with E-state index in [1.807, 2.05) is 0 Å². The minimum Gasteiger partial charge on any atom is -0.508 e. The standard InChI is InChI=1S/C15H15BrN2O3/c16-11-2-1-3-13(14(11)20)18-15(21)12(17)8-9-4-6-10(19)7-5-9/h1-7,12,19-20H,8,17H2,(H,18,21)/t12-/m0/s1. The summed E-state index contributed by atoms with van der Waals surface area (Å²) in [5.41, 5.74) is 7.00. The van der Waals surface area contributed by atoms with E-state index in [1.54, 1.807) is 42.5 Å². The lowest BCUT2D eigenvalue weighted by molar-refractivity contribution is -0.117. The third kappa shape index (κ3) is 3.96. The zero-order valence-corrected chi connectivity index (χ0v) is 12.7. The molecule has 0 spiro atoms. The summed E-state index contributed by atoms with van der Waals surface area (Å²) in [6.07, 6.45) is 0.334. The number of rotatable bonds is 4. The normalized spacial score (nSPS) is 11.9. The van der Waals surface area contributed by atoms with Gasteiger partial charge >= 0.3 is 0 Å². The van der Waals surface area contributed by atoms with E-state index >= 15 is 0 Å². The minimum atomic E-state index is -0.757. The maximum Gasteiger partial charge on any atom is 0.241 e.